The fraction of sp³-hybridized carbons (Fsp3) is 0.423. The van der Waals surface area contributed by atoms with Gasteiger partial charge in [0, 0.05) is 51.1 Å². The average Bonchev–Trinajstić information content (AvgIpc) is 3.10. The summed E-state index contributed by atoms with van der Waals surface area (Å²) in [6, 6.07) is 13.9. The van der Waals surface area contributed by atoms with Crippen LogP contribution in [0.5, 0.6) is 5.75 Å². The highest BCUT2D eigenvalue weighted by Gasteiger charge is 2.19. The number of aromatic nitrogens is 3. The number of nitrogens with one attached hydrogen (secondary N) is 1. The second-order valence-electron chi connectivity index (χ2n) is 8.75. The van der Waals surface area contributed by atoms with Crippen molar-refractivity contribution >= 4 is 5.91 Å². The molecule has 0 saturated carbocycles. The largest absolute Gasteiger partial charge is 0.491 e. The van der Waals surface area contributed by atoms with Crippen LogP contribution in [0.1, 0.15) is 38.7 Å². The maximum atomic E-state index is 12.6. The molecule has 34 heavy (non-hydrogen) atoms. The average molecular weight is 464 g/mol. The number of amides is 1. The van der Waals surface area contributed by atoms with Crippen LogP contribution in [0.3, 0.4) is 0 Å². The van der Waals surface area contributed by atoms with Gasteiger partial charge in [-0.2, -0.15) is 0 Å². The van der Waals surface area contributed by atoms with Gasteiger partial charge in [0.25, 0.3) is 5.91 Å². The Morgan fingerprint density at radius 3 is 2.68 bits per heavy atom. The molecule has 3 aromatic rings. The fourth-order valence-electron chi connectivity index (χ4n) is 4.33. The first-order valence-corrected chi connectivity index (χ1v) is 11.8. The number of nitrogens with zero attached hydrogens (tertiary/aromatic N) is 4. The first kappa shape index (κ1) is 23.9. The number of rotatable bonds is 9. The number of carbonyl (C=O) groups is 1. The summed E-state index contributed by atoms with van der Waals surface area (Å²) in [6.45, 7) is 8.37. The first-order chi connectivity index (χ1) is 16.5. The number of carbonyl (C=O) groups excluding carboxylic acids is 1. The highest BCUT2D eigenvalue weighted by atomic mass is 16.5. The van der Waals surface area contributed by atoms with Gasteiger partial charge in [0.2, 0.25) is 0 Å². The van der Waals surface area contributed by atoms with Crippen LogP contribution in [-0.2, 0) is 25.9 Å². The lowest BCUT2D eigenvalue weighted by Gasteiger charge is -2.20. The third-order valence-electron chi connectivity index (χ3n) is 6.15. The van der Waals surface area contributed by atoms with Gasteiger partial charge >= 0.3 is 0 Å². The molecule has 8 heteroatoms. The molecule has 8 nitrogen and oxygen atoms in total. The maximum Gasteiger partial charge on any atom is 0.251 e. The summed E-state index contributed by atoms with van der Waals surface area (Å²) in [5, 5.41) is 20.7. The Balaban J connectivity index is 1.28. The molecule has 0 bridgehead atoms. The Morgan fingerprint density at radius 2 is 1.91 bits per heavy atom. The van der Waals surface area contributed by atoms with Crippen LogP contribution in [0.15, 0.2) is 42.5 Å². The van der Waals surface area contributed by atoms with E-state index in [1.807, 2.05) is 44.2 Å². The Kier molecular flexibility index (Phi) is 7.92. The van der Waals surface area contributed by atoms with Gasteiger partial charge in [0.15, 0.2) is 0 Å². The molecule has 1 aliphatic heterocycles. The number of aliphatic hydroxyl groups is 1. The minimum Gasteiger partial charge on any atom is -0.491 e. The normalized spacial score (nSPS) is 13.9. The van der Waals surface area contributed by atoms with Crippen molar-refractivity contribution in [2.75, 3.05) is 32.8 Å². The Hall–Kier alpha value is -3.23. The molecule has 0 aliphatic carbocycles. The molecular formula is C26H33N5O3. The van der Waals surface area contributed by atoms with Crippen molar-refractivity contribution in [1.82, 2.24) is 25.0 Å². The van der Waals surface area contributed by atoms with E-state index in [2.05, 4.69) is 37.1 Å². The van der Waals surface area contributed by atoms with E-state index in [0.717, 1.165) is 61.1 Å². The second-order valence-corrected chi connectivity index (χ2v) is 8.75. The topological polar surface area (TPSA) is 92.5 Å². The molecule has 180 valence electrons. The molecule has 2 heterocycles. The lowest BCUT2D eigenvalue weighted by Crippen LogP contribution is -2.28. The van der Waals surface area contributed by atoms with E-state index in [0.29, 0.717) is 25.1 Å². The summed E-state index contributed by atoms with van der Waals surface area (Å²) >= 11 is 0. The van der Waals surface area contributed by atoms with Crippen molar-refractivity contribution < 1.29 is 14.6 Å². The van der Waals surface area contributed by atoms with Crippen LogP contribution in [0, 0.1) is 13.8 Å². The van der Waals surface area contributed by atoms with Crippen LogP contribution >= 0.6 is 0 Å². The van der Waals surface area contributed by atoms with Gasteiger partial charge in [-0.25, -0.2) is 0 Å². The van der Waals surface area contributed by atoms with E-state index in [9.17, 15) is 4.79 Å². The molecule has 0 atom stereocenters. The second kappa shape index (κ2) is 11.3. The standard InChI is InChI=1S/C26H33N5O3/c1-19-3-8-23(20(2)17-19)26(33)27-11-9-24-28-29-25-10-12-30(13-14-31(24)25)18-21-4-6-22(7-5-21)34-16-15-32/h3-8,17,32H,9-16,18H2,1-2H3,(H,27,33). The molecule has 0 fully saturated rings. The van der Waals surface area contributed by atoms with Crippen LogP contribution in [0.25, 0.3) is 0 Å². The van der Waals surface area contributed by atoms with Crippen molar-refractivity contribution in [3.05, 3.63) is 76.4 Å². The van der Waals surface area contributed by atoms with Crippen molar-refractivity contribution in [2.45, 2.75) is 39.8 Å². The van der Waals surface area contributed by atoms with Gasteiger partial charge in [-0.05, 0) is 43.2 Å². The number of hydrogen-bond acceptors (Lipinski definition) is 6. The molecule has 2 N–H and O–H groups in total. The molecule has 4 rings (SSSR count). The van der Waals surface area contributed by atoms with Crippen LogP contribution < -0.4 is 10.1 Å². The molecule has 1 amide bonds. The number of ether oxygens (including phenoxy) is 1. The quantitative estimate of drug-likeness (QED) is 0.506. The third kappa shape index (κ3) is 6.01. The number of benzene rings is 2. The number of hydrogen-bond donors (Lipinski definition) is 2. The minimum atomic E-state index is -0.0490. The van der Waals surface area contributed by atoms with Gasteiger partial charge < -0.3 is 19.7 Å². The molecule has 1 aliphatic rings. The monoisotopic (exact) mass is 463 g/mol. The van der Waals surface area contributed by atoms with Gasteiger partial charge in [-0.1, -0.05) is 29.8 Å². The van der Waals surface area contributed by atoms with Gasteiger partial charge in [0.1, 0.15) is 24.0 Å². The lowest BCUT2D eigenvalue weighted by molar-refractivity contribution is 0.0953. The van der Waals surface area contributed by atoms with Crippen molar-refractivity contribution in [2.24, 2.45) is 0 Å². The van der Waals surface area contributed by atoms with Crippen molar-refractivity contribution in [3.8, 4) is 5.75 Å². The van der Waals surface area contributed by atoms with E-state index in [1.165, 1.54) is 5.56 Å². The van der Waals surface area contributed by atoms with Gasteiger partial charge in [-0.3, -0.25) is 9.69 Å². The summed E-state index contributed by atoms with van der Waals surface area (Å²) in [7, 11) is 0. The van der Waals surface area contributed by atoms with Crippen LogP contribution in [0.2, 0.25) is 0 Å². The van der Waals surface area contributed by atoms with Crippen molar-refractivity contribution in [3.63, 3.8) is 0 Å². The zero-order valence-electron chi connectivity index (χ0n) is 20.0. The van der Waals surface area contributed by atoms with E-state index in [4.69, 9.17) is 9.84 Å². The van der Waals surface area contributed by atoms with Crippen molar-refractivity contribution in [1.29, 1.82) is 0 Å². The summed E-state index contributed by atoms with van der Waals surface area (Å²) in [6.07, 6.45) is 1.50. The predicted molar refractivity (Wildman–Crippen MR) is 130 cm³/mol. The Bertz CT molecular complexity index is 1110. The number of aliphatic hydroxyl groups excluding tert-OH is 1. The smallest absolute Gasteiger partial charge is 0.251 e. The van der Waals surface area contributed by atoms with Gasteiger partial charge in [-0.15, -0.1) is 10.2 Å². The molecular weight excluding hydrogens is 430 g/mol. The fourth-order valence-corrected chi connectivity index (χ4v) is 4.33. The number of aryl methyl sites for hydroxylation is 2. The summed E-state index contributed by atoms with van der Waals surface area (Å²) in [4.78, 5) is 15.0. The Morgan fingerprint density at radius 1 is 1.09 bits per heavy atom. The maximum absolute atomic E-state index is 12.6. The molecule has 2 aromatic carbocycles. The van der Waals surface area contributed by atoms with Gasteiger partial charge in [0.05, 0.1) is 6.61 Å². The summed E-state index contributed by atoms with van der Waals surface area (Å²) < 4.78 is 7.64. The SMILES string of the molecule is Cc1ccc(C(=O)NCCc2nnc3n2CCN(Cc2ccc(OCCO)cc2)CC3)c(C)c1. The third-order valence-corrected chi connectivity index (χ3v) is 6.15. The zero-order valence-corrected chi connectivity index (χ0v) is 20.0. The van der Waals surface area contributed by atoms with Crippen LogP contribution in [0.4, 0.5) is 0 Å². The molecule has 0 spiro atoms. The van der Waals surface area contributed by atoms with E-state index >= 15 is 0 Å². The predicted octanol–water partition coefficient (Wildman–Crippen LogP) is 2.30. The highest BCUT2D eigenvalue weighted by Crippen LogP contribution is 2.16. The number of fused-ring (bicyclic) bond motifs is 1. The lowest BCUT2D eigenvalue weighted by atomic mass is 10.1. The molecule has 1 aromatic heterocycles. The van der Waals surface area contributed by atoms with Crippen LogP contribution in [-0.4, -0.2) is 63.5 Å². The van der Waals surface area contributed by atoms with E-state index < -0.39 is 0 Å². The highest BCUT2D eigenvalue weighted by molar-refractivity contribution is 5.95. The molecule has 0 unspecified atom stereocenters. The molecule has 0 radical (unpaired) electrons. The molecule has 0 saturated heterocycles. The van der Waals surface area contributed by atoms with E-state index in [-0.39, 0.29) is 12.5 Å². The first-order valence-electron chi connectivity index (χ1n) is 11.8. The Labute approximate surface area is 200 Å². The minimum absolute atomic E-state index is 0.0139. The zero-order chi connectivity index (χ0) is 23.9. The van der Waals surface area contributed by atoms with E-state index in [1.54, 1.807) is 0 Å². The summed E-state index contributed by atoms with van der Waals surface area (Å²) in [5.74, 6) is 2.65. The summed E-state index contributed by atoms with van der Waals surface area (Å²) in [5.41, 5.74) is 4.08.